The Morgan fingerprint density at radius 2 is 2.12 bits per heavy atom. The lowest BCUT2D eigenvalue weighted by Crippen LogP contribution is -2.27. The molecule has 1 unspecified atom stereocenters. The van der Waals surface area contributed by atoms with E-state index in [1.54, 1.807) is 0 Å². The highest BCUT2D eigenvalue weighted by Crippen LogP contribution is 2.23. The summed E-state index contributed by atoms with van der Waals surface area (Å²) in [5.74, 6) is 1.09. The number of pyridine rings is 1. The summed E-state index contributed by atoms with van der Waals surface area (Å²) in [5.41, 5.74) is 1.33. The molecule has 1 N–H and O–H groups in total. The summed E-state index contributed by atoms with van der Waals surface area (Å²) in [5, 5.41) is 3.56. The van der Waals surface area contributed by atoms with Gasteiger partial charge < -0.3 is 10.2 Å². The van der Waals surface area contributed by atoms with Gasteiger partial charge in [0, 0.05) is 25.3 Å². The van der Waals surface area contributed by atoms with Gasteiger partial charge in [-0.3, -0.25) is 0 Å². The number of nitrogens with zero attached hydrogens (tertiary/aromatic N) is 2. The second kappa shape index (κ2) is 6.01. The van der Waals surface area contributed by atoms with Crippen LogP contribution in [-0.4, -0.2) is 24.6 Å². The zero-order valence-electron chi connectivity index (χ0n) is 10.9. The molecule has 0 aromatic carbocycles. The van der Waals surface area contributed by atoms with E-state index < -0.39 is 0 Å². The summed E-state index contributed by atoms with van der Waals surface area (Å²) in [7, 11) is 0. The highest BCUT2D eigenvalue weighted by Gasteiger charge is 2.15. The predicted molar refractivity (Wildman–Crippen MR) is 72.4 cm³/mol. The third-order valence-corrected chi connectivity index (χ3v) is 3.57. The summed E-state index contributed by atoms with van der Waals surface area (Å²) in [6.45, 7) is 7.51. The molecular formula is C14H23N3. The highest BCUT2D eigenvalue weighted by atomic mass is 15.2. The third kappa shape index (κ3) is 2.97. The zero-order chi connectivity index (χ0) is 12.1. The first-order valence-electron chi connectivity index (χ1n) is 6.79. The van der Waals surface area contributed by atoms with Crippen molar-refractivity contribution in [3.05, 3.63) is 23.9 Å². The Kier molecular flexibility index (Phi) is 4.37. The topological polar surface area (TPSA) is 28.2 Å². The van der Waals surface area contributed by atoms with Crippen molar-refractivity contribution in [2.24, 2.45) is 0 Å². The molecule has 0 radical (unpaired) electrons. The van der Waals surface area contributed by atoms with Crippen LogP contribution < -0.4 is 10.2 Å². The minimum atomic E-state index is 0.516. The van der Waals surface area contributed by atoms with Gasteiger partial charge in [-0.25, -0.2) is 4.98 Å². The molecule has 1 saturated heterocycles. The molecule has 0 bridgehead atoms. The Morgan fingerprint density at radius 1 is 1.29 bits per heavy atom. The summed E-state index contributed by atoms with van der Waals surface area (Å²) >= 11 is 0. The number of rotatable bonds is 4. The van der Waals surface area contributed by atoms with Gasteiger partial charge in [0.15, 0.2) is 0 Å². The first-order valence-corrected chi connectivity index (χ1v) is 6.79. The van der Waals surface area contributed by atoms with Crippen LogP contribution in [0, 0.1) is 0 Å². The summed E-state index contributed by atoms with van der Waals surface area (Å²) in [6, 6.07) is 4.89. The summed E-state index contributed by atoms with van der Waals surface area (Å²) < 4.78 is 0. The fourth-order valence-electron chi connectivity index (χ4n) is 2.47. The van der Waals surface area contributed by atoms with Crippen LogP contribution >= 0.6 is 0 Å². The molecule has 3 nitrogen and oxygen atoms in total. The molecule has 3 heteroatoms. The molecule has 0 aliphatic carbocycles. The zero-order valence-corrected chi connectivity index (χ0v) is 10.9. The number of hydrogen-bond donors (Lipinski definition) is 1. The van der Waals surface area contributed by atoms with Gasteiger partial charge in [-0.2, -0.15) is 0 Å². The molecule has 1 fully saturated rings. The maximum absolute atomic E-state index is 4.58. The van der Waals surface area contributed by atoms with Gasteiger partial charge in [-0.15, -0.1) is 0 Å². The van der Waals surface area contributed by atoms with E-state index in [0.717, 1.165) is 25.5 Å². The van der Waals surface area contributed by atoms with Crippen molar-refractivity contribution in [2.45, 2.75) is 39.2 Å². The first-order chi connectivity index (χ1) is 8.35. The van der Waals surface area contributed by atoms with Crippen LogP contribution in [0.1, 0.15) is 44.7 Å². The molecule has 1 atom stereocenters. The van der Waals surface area contributed by atoms with E-state index >= 15 is 0 Å². The number of nitrogens with one attached hydrogen (secondary N) is 1. The standard InChI is InChI=1S/C14H23N3/c1-3-17(4-2)14-9-8-12(11-16-14)13-7-5-6-10-15-13/h8-9,11,13,15H,3-7,10H2,1-2H3. The fraction of sp³-hybridized carbons (Fsp3) is 0.643. The van der Waals surface area contributed by atoms with Crippen molar-refractivity contribution in [3.8, 4) is 0 Å². The van der Waals surface area contributed by atoms with Gasteiger partial charge in [0.25, 0.3) is 0 Å². The Bertz CT molecular complexity index is 324. The highest BCUT2D eigenvalue weighted by molar-refractivity contribution is 5.39. The second-order valence-corrected chi connectivity index (χ2v) is 4.62. The SMILES string of the molecule is CCN(CC)c1ccc(C2CCCCN2)cn1. The van der Waals surface area contributed by atoms with Gasteiger partial charge in [0.2, 0.25) is 0 Å². The summed E-state index contributed by atoms with van der Waals surface area (Å²) in [6.07, 6.45) is 5.92. The lowest BCUT2D eigenvalue weighted by Gasteiger charge is -2.25. The monoisotopic (exact) mass is 233 g/mol. The average Bonchev–Trinajstić information content (AvgIpc) is 2.42. The van der Waals surface area contributed by atoms with Crippen molar-refractivity contribution in [2.75, 3.05) is 24.5 Å². The normalized spacial score (nSPS) is 20.2. The van der Waals surface area contributed by atoms with E-state index in [1.165, 1.54) is 24.8 Å². The molecular weight excluding hydrogens is 210 g/mol. The largest absolute Gasteiger partial charge is 0.357 e. The lowest BCUT2D eigenvalue weighted by molar-refractivity contribution is 0.411. The average molecular weight is 233 g/mol. The van der Waals surface area contributed by atoms with Crippen molar-refractivity contribution < 1.29 is 0 Å². The molecule has 2 heterocycles. The molecule has 1 aliphatic heterocycles. The molecule has 0 amide bonds. The Morgan fingerprint density at radius 3 is 2.65 bits per heavy atom. The molecule has 1 aliphatic rings. The van der Waals surface area contributed by atoms with Crippen LogP contribution in [0.5, 0.6) is 0 Å². The maximum Gasteiger partial charge on any atom is 0.128 e. The van der Waals surface area contributed by atoms with Gasteiger partial charge >= 0.3 is 0 Å². The summed E-state index contributed by atoms with van der Waals surface area (Å²) in [4.78, 5) is 6.86. The maximum atomic E-state index is 4.58. The van der Waals surface area contributed by atoms with Crippen LogP contribution in [-0.2, 0) is 0 Å². The fourth-order valence-corrected chi connectivity index (χ4v) is 2.47. The van der Waals surface area contributed by atoms with Crippen molar-refractivity contribution in [1.82, 2.24) is 10.3 Å². The van der Waals surface area contributed by atoms with E-state index in [-0.39, 0.29) is 0 Å². The molecule has 0 saturated carbocycles. The number of hydrogen-bond acceptors (Lipinski definition) is 3. The molecule has 1 aromatic rings. The van der Waals surface area contributed by atoms with Crippen LogP contribution in [0.4, 0.5) is 5.82 Å². The lowest BCUT2D eigenvalue weighted by atomic mass is 9.99. The predicted octanol–water partition coefficient (Wildman–Crippen LogP) is 2.74. The van der Waals surface area contributed by atoms with E-state index in [4.69, 9.17) is 0 Å². The minimum Gasteiger partial charge on any atom is -0.357 e. The third-order valence-electron chi connectivity index (χ3n) is 3.57. The molecule has 94 valence electrons. The van der Waals surface area contributed by atoms with E-state index in [1.807, 2.05) is 6.20 Å². The van der Waals surface area contributed by atoms with Crippen LogP contribution in [0.3, 0.4) is 0 Å². The number of piperidine rings is 1. The van der Waals surface area contributed by atoms with Gasteiger partial charge in [0.1, 0.15) is 5.82 Å². The van der Waals surface area contributed by atoms with E-state index in [2.05, 4.69) is 41.2 Å². The van der Waals surface area contributed by atoms with Crippen molar-refractivity contribution in [1.29, 1.82) is 0 Å². The van der Waals surface area contributed by atoms with E-state index in [9.17, 15) is 0 Å². The molecule has 17 heavy (non-hydrogen) atoms. The second-order valence-electron chi connectivity index (χ2n) is 4.62. The quantitative estimate of drug-likeness (QED) is 0.866. The Hall–Kier alpha value is -1.09. The van der Waals surface area contributed by atoms with Gasteiger partial charge in [0.05, 0.1) is 0 Å². The Labute approximate surface area is 104 Å². The van der Waals surface area contributed by atoms with Crippen LogP contribution in [0.2, 0.25) is 0 Å². The van der Waals surface area contributed by atoms with Gasteiger partial charge in [-0.05, 0) is 44.9 Å². The van der Waals surface area contributed by atoms with Crippen molar-refractivity contribution in [3.63, 3.8) is 0 Å². The molecule has 2 rings (SSSR count). The minimum absolute atomic E-state index is 0.516. The smallest absolute Gasteiger partial charge is 0.128 e. The van der Waals surface area contributed by atoms with Crippen LogP contribution in [0.15, 0.2) is 18.3 Å². The molecule has 1 aromatic heterocycles. The Balaban J connectivity index is 2.06. The number of anilines is 1. The number of aromatic nitrogens is 1. The molecule has 0 spiro atoms. The van der Waals surface area contributed by atoms with Crippen LogP contribution in [0.25, 0.3) is 0 Å². The first kappa shape index (κ1) is 12.4. The van der Waals surface area contributed by atoms with Crippen molar-refractivity contribution >= 4 is 5.82 Å². The van der Waals surface area contributed by atoms with E-state index in [0.29, 0.717) is 6.04 Å². The van der Waals surface area contributed by atoms with Gasteiger partial charge in [-0.1, -0.05) is 12.5 Å².